The average molecular weight is 528 g/mol. The number of anilines is 2. The van der Waals surface area contributed by atoms with Gasteiger partial charge in [0.05, 0.1) is 36.3 Å². The van der Waals surface area contributed by atoms with Gasteiger partial charge in [-0.05, 0) is 46.3 Å². The third kappa shape index (κ3) is 4.92. The van der Waals surface area contributed by atoms with E-state index < -0.39 is 15.9 Å². The van der Waals surface area contributed by atoms with Crippen LogP contribution in [-0.4, -0.2) is 40.6 Å². The zero-order valence-corrected chi connectivity index (χ0v) is 19.9. The number of hydrogen-bond acceptors (Lipinski definition) is 8. The van der Waals surface area contributed by atoms with Crippen molar-refractivity contribution in [3.63, 3.8) is 0 Å². The number of benzene rings is 2. The highest BCUT2D eigenvalue weighted by Gasteiger charge is 2.23. The van der Waals surface area contributed by atoms with E-state index in [9.17, 15) is 13.2 Å². The lowest BCUT2D eigenvalue weighted by atomic mass is 10.1. The van der Waals surface area contributed by atoms with Crippen LogP contribution in [-0.2, 0) is 10.0 Å². The van der Waals surface area contributed by atoms with E-state index in [1.165, 1.54) is 69.2 Å². The van der Waals surface area contributed by atoms with E-state index in [-0.39, 0.29) is 15.6 Å². The number of nitrogens with one attached hydrogen (secondary N) is 2. The minimum Gasteiger partial charge on any atom is -0.493 e. The highest BCUT2D eigenvalue weighted by molar-refractivity contribution is 9.10. The van der Waals surface area contributed by atoms with E-state index in [1.807, 2.05) is 0 Å². The molecule has 0 spiro atoms. The molecule has 2 N–H and O–H groups in total. The molecule has 0 radical (unpaired) electrons. The van der Waals surface area contributed by atoms with Crippen molar-refractivity contribution in [2.75, 3.05) is 31.4 Å². The summed E-state index contributed by atoms with van der Waals surface area (Å²) in [5, 5.41) is 4.65. The minimum atomic E-state index is -3.78. The van der Waals surface area contributed by atoms with E-state index in [1.54, 1.807) is 5.38 Å². The molecule has 31 heavy (non-hydrogen) atoms. The van der Waals surface area contributed by atoms with Crippen LogP contribution in [0.1, 0.15) is 10.4 Å². The monoisotopic (exact) mass is 527 g/mol. The van der Waals surface area contributed by atoms with Crippen LogP contribution < -0.4 is 24.2 Å². The Kier molecular flexibility index (Phi) is 7.03. The Morgan fingerprint density at radius 3 is 2.29 bits per heavy atom. The van der Waals surface area contributed by atoms with Gasteiger partial charge < -0.3 is 19.5 Å². The molecule has 0 aliphatic heterocycles. The number of nitrogens with zero attached hydrogens (tertiary/aromatic N) is 1. The zero-order chi connectivity index (χ0) is 22.6. The van der Waals surface area contributed by atoms with E-state index in [0.29, 0.717) is 27.4 Å². The Hall–Kier alpha value is -2.83. The molecule has 9 nitrogen and oxygen atoms in total. The quantitative estimate of drug-likeness (QED) is 0.454. The predicted molar refractivity (Wildman–Crippen MR) is 121 cm³/mol. The number of rotatable bonds is 8. The second-order valence-corrected chi connectivity index (χ2v) is 9.30. The largest absolute Gasteiger partial charge is 0.493 e. The number of amides is 1. The van der Waals surface area contributed by atoms with Crippen LogP contribution >= 0.6 is 27.3 Å². The van der Waals surface area contributed by atoms with Gasteiger partial charge in [-0.2, -0.15) is 0 Å². The van der Waals surface area contributed by atoms with Crippen molar-refractivity contribution >= 4 is 54.0 Å². The fraction of sp³-hybridized carbons (Fsp3) is 0.158. The molecule has 3 rings (SSSR count). The topological polar surface area (TPSA) is 116 Å². The van der Waals surface area contributed by atoms with Gasteiger partial charge in [0.2, 0.25) is 5.75 Å². The number of aromatic nitrogens is 1. The molecule has 0 aliphatic carbocycles. The number of ether oxygens (including phenoxy) is 3. The minimum absolute atomic E-state index is 0.0367. The molecule has 1 aromatic heterocycles. The molecule has 12 heteroatoms. The number of carbonyl (C=O) groups is 1. The number of thiazole rings is 1. The van der Waals surface area contributed by atoms with Crippen LogP contribution in [0, 0.1) is 0 Å². The standard InChI is InChI=1S/C19H18BrN3O6S2/c1-27-14-10-13(15(20)17(29-3)16(14)28-2)18(24)22-11-4-6-12(7-5-11)31(25,26)23-19-21-8-9-30-19/h4-10H,1-3H3,(H,21,23)(H,22,24). The molecule has 0 unspecified atom stereocenters. The summed E-state index contributed by atoms with van der Waals surface area (Å²) in [4.78, 5) is 16.8. The maximum Gasteiger partial charge on any atom is 0.263 e. The molecule has 0 atom stereocenters. The highest BCUT2D eigenvalue weighted by Crippen LogP contribution is 2.44. The molecule has 0 bridgehead atoms. The molecule has 0 saturated heterocycles. The lowest BCUT2D eigenvalue weighted by molar-refractivity contribution is 0.102. The van der Waals surface area contributed by atoms with Gasteiger partial charge in [0.1, 0.15) is 0 Å². The van der Waals surface area contributed by atoms with Gasteiger partial charge in [-0.3, -0.25) is 9.52 Å². The van der Waals surface area contributed by atoms with E-state index >= 15 is 0 Å². The summed E-state index contributed by atoms with van der Waals surface area (Å²) in [6, 6.07) is 7.25. The first-order valence-corrected chi connectivity index (χ1v) is 11.8. The molecule has 0 fully saturated rings. The molecule has 3 aromatic rings. The van der Waals surface area contributed by atoms with Crippen molar-refractivity contribution < 1.29 is 27.4 Å². The molecule has 1 heterocycles. The average Bonchev–Trinajstić information content (AvgIpc) is 3.25. The normalized spacial score (nSPS) is 11.0. The Bertz CT molecular complexity index is 1180. The highest BCUT2D eigenvalue weighted by atomic mass is 79.9. The lowest BCUT2D eigenvalue weighted by Crippen LogP contribution is -2.15. The molecule has 1 amide bonds. The van der Waals surface area contributed by atoms with Crippen molar-refractivity contribution in [3.8, 4) is 17.2 Å². The van der Waals surface area contributed by atoms with Crippen LogP contribution in [0.2, 0.25) is 0 Å². The maximum absolute atomic E-state index is 12.8. The van der Waals surface area contributed by atoms with Gasteiger partial charge in [-0.15, -0.1) is 11.3 Å². The molecule has 164 valence electrons. The Morgan fingerprint density at radius 1 is 1.06 bits per heavy atom. The van der Waals surface area contributed by atoms with Gasteiger partial charge in [0, 0.05) is 17.3 Å². The predicted octanol–water partition coefficient (Wildman–Crippen LogP) is 3.98. The lowest BCUT2D eigenvalue weighted by Gasteiger charge is -2.16. The van der Waals surface area contributed by atoms with Gasteiger partial charge in [0.15, 0.2) is 16.6 Å². The summed E-state index contributed by atoms with van der Waals surface area (Å²) in [5.41, 5.74) is 0.649. The van der Waals surface area contributed by atoms with Gasteiger partial charge >= 0.3 is 0 Å². The Balaban J connectivity index is 1.83. The van der Waals surface area contributed by atoms with Crippen LogP contribution in [0.15, 0.2) is 51.3 Å². The molecule has 2 aromatic carbocycles. The number of carbonyl (C=O) groups excluding carboxylic acids is 1. The first kappa shape index (κ1) is 22.8. The first-order valence-electron chi connectivity index (χ1n) is 8.63. The summed E-state index contributed by atoms with van der Waals surface area (Å²) in [6.45, 7) is 0. The van der Waals surface area contributed by atoms with Gasteiger partial charge in [0.25, 0.3) is 15.9 Å². The van der Waals surface area contributed by atoms with Crippen LogP contribution in [0.4, 0.5) is 10.8 Å². The van der Waals surface area contributed by atoms with Crippen molar-refractivity contribution in [1.82, 2.24) is 4.98 Å². The number of sulfonamides is 1. The van der Waals surface area contributed by atoms with Crippen molar-refractivity contribution in [2.45, 2.75) is 4.90 Å². The summed E-state index contributed by atoms with van der Waals surface area (Å²) < 4.78 is 43.5. The fourth-order valence-electron chi connectivity index (χ4n) is 2.65. The Morgan fingerprint density at radius 2 is 1.74 bits per heavy atom. The van der Waals surface area contributed by atoms with Gasteiger partial charge in [-0.25, -0.2) is 13.4 Å². The SMILES string of the molecule is COc1cc(C(=O)Nc2ccc(S(=O)(=O)Nc3nccs3)cc2)c(Br)c(OC)c1OC. The third-order valence-corrected chi connectivity index (χ3v) is 7.05. The van der Waals surface area contributed by atoms with Crippen molar-refractivity contribution in [2.24, 2.45) is 0 Å². The smallest absolute Gasteiger partial charge is 0.263 e. The Labute approximate surface area is 191 Å². The summed E-state index contributed by atoms with van der Waals surface area (Å²) in [5.74, 6) is 0.516. The van der Waals surface area contributed by atoms with Crippen LogP contribution in [0.3, 0.4) is 0 Å². The van der Waals surface area contributed by atoms with E-state index in [2.05, 4.69) is 31.0 Å². The number of hydrogen-bond donors (Lipinski definition) is 2. The fourth-order valence-corrected chi connectivity index (χ4v) is 5.08. The van der Waals surface area contributed by atoms with Crippen molar-refractivity contribution in [3.05, 3.63) is 51.9 Å². The van der Waals surface area contributed by atoms with Crippen LogP contribution in [0.25, 0.3) is 0 Å². The van der Waals surface area contributed by atoms with E-state index in [4.69, 9.17) is 14.2 Å². The maximum atomic E-state index is 12.8. The summed E-state index contributed by atoms with van der Waals surface area (Å²) >= 11 is 4.53. The second kappa shape index (κ2) is 9.54. The third-order valence-electron chi connectivity index (χ3n) is 4.09. The van der Waals surface area contributed by atoms with Crippen LogP contribution in [0.5, 0.6) is 17.2 Å². The summed E-state index contributed by atoms with van der Waals surface area (Å²) in [6.07, 6.45) is 1.50. The first-order chi connectivity index (χ1) is 14.8. The second-order valence-electron chi connectivity index (χ2n) is 5.93. The molecule has 0 saturated carbocycles. The molecular formula is C19H18BrN3O6S2. The zero-order valence-electron chi connectivity index (χ0n) is 16.6. The van der Waals surface area contributed by atoms with Gasteiger partial charge in [-0.1, -0.05) is 0 Å². The number of halogens is 1. The van der Waals surface area contributed by atoms with E-state index in [0.717, 1.165) is 0 Å². The summed E-state index contributed by atoms with van der Waals surface area (Å²) in [7, 11) is 0.579. The van der Waals surface area contributed by atoms with Crippen molar-refractivity contribution in [1.29, 1.82) is 0 Å². The molecule has 0 aliphatic rings. The number of methoxy groups -OCH3 is 3. The molecular weight excluding hydrogens is 510 g/mol.